The van der Waals surface area contributed by atoms with Crippen molar-refractivity contribution in [3.8, 4) is 0 Å². The second kappa shape index (κ2) is 6.25. The minimum atomic E-state index is -4.58. The molecule has 2 aromatic carbocycles. The van der Waals surface area contributed by atoms with Crippen molar-refractivity contribution < 1.29 is 31.9 Å². The van der Waals surface area contributed by atoms with Crippen LogP contribution in [0.15, 0.2) is 42.5 Å². The van der Waals surface area contributed by atoms with E-state index >= 15 is 0 Å². The van der Waals surface area contributed by atoms with Crippen LogP contribution in [-0.2, 0) is 11.0 Å². The molecule has 0 aromatic heterocycles. The zero-order chi connectivity index (χ0) is 19.1. The van der Waals surface area contributed by atoms with Crippen molar-refractivity contribution in [3.05, 3.63) is 65.0 Å². The molecule has 0 aliphatic carbocycles. The zero-order valence-corrected chi connectivity index (χ0v) is 12.9. The van der Waals surface area contributed by atoms with E-state index in [9.17, 15) is 31.9 Å². The van der Waals surface area contributed by atoms with Crippen molar-refractivity contribution in [1.29, 1.82) is 0 Å². The number of carbonyl (C=O) groups is 3. The molecule has 0 saturated carbocycles. The topological polar surface area (TPSA) is 66.5 Å². The number of imide groups is 1. The van der Waals surface area contributed by atoms with E-state index in [4.69, 9.17) is 0 Å². The average Bonchev–Trinajstić information content (AvgIpc) is 2.80. The summed E-state index contributed by atoms with van der Waals surface area (Å²) < 4.78 is 51.8. The predicted octanol–water partition coefficient (Wildman–Crippen LogP) is 3.08. The molecule has 1 aliphatic rings. The van der Waals surface area contributed by atoms with Crippen LogP contribution < -0.4 is 5.32 Å². The molecule has 0 atom stereocenters. The fourth-order valence-electron chi connectivity index (χ4n) is 2.55. The number of hydrogen-bond donors (Lipinski definition) is 1. The molecule has 3 amide bonds. The summed E-state index contributed by atoms with van der Waals surface area (Å²) in [7, 11) is 0. The lowest BCUT2D eigenvalue weighted by atomic mass is 10.1. The molecular formula is C17H10F4N2O3. The summed E-state index contributed by atoms with van der Waals surface area (Å²) in [5, 5.41) is 2.19. The number of halogens is 4. The van der Waals surface area contributed by atoms with Gasteiger partial charge in [0.25, 0.3) is 11.8 Å². The van der Waals surface area contributed by atoms with Crippen molar-refractivity contribution in [3.63, 3.8) is 0 Å². The fraction of sp³-hybridized carbons (Fsp3) is 0.118. The number of hydrogen-bond acceptors (Lipinski definition) is 3. The molecule has 0 bridgehead atoms. The highest BCUT2D eigenvalue weighted by Gasteiger charge is 2.38. The number of nitrogens with zero attached hydrogens (tertiary/aromatic N) is 1. The van der Waals surface area contributed by atoms with Gasteiger partial charge in [-0.1, -0.05) is 12.1 Å². The Labute approximate surface area is 144 Å². The highest BCUT2D eigenvalue weighted by Crippen LogP contribution is 2.30. The number of fused-ring (bicyclic) bond motifs is 1. The van der Waals surface area contributed by atoms with Crippen molar-refractivity contribution >= 4 is 23.4 Å². The van der Waals surface area contributed by atoms with Gasteiger partial charge in [-0.05, 0) is 30.3 Å². The van der Waals surface area contributed by atoms with Gasteiger partial charge in [-0.25, -0.2) is 4.39 Å². The number of nitrogens with one attached hydrogen (secondary N) is 1. The number of carbonyl (C=O) groups excluding carboxylic acids is 3. The van der Waals surface area contributed by atoms with Crippen LogP contribution in [0, 0.1) is 5.82 Å². The molecule has 0 saturated heterocycles. The van der Waals surface area contributed by atoms with Crippen LogP contribution >= 0.6 is 0 Å². The highest BCUT2D eigenvalue weighted by molar-refractivity contribution is 6.22. The zero-order valence-electron chi connectivity index (χ0n) is 12.9. The molecule has 0 radical (unpaired) electrons. The molecule has 134 valence electrons. The van der Waals surface area contributed by atoms with Gasteiger partial charge in [0.2, 0.25) is 5.91 Å². The van der Waals surface area contributed by atoms with Crippen molar-refractivity contribution in [2.45, 2.75) is 6.18 Å². The SMILES string of the molecule is O=C(CN1C(=O)c2cccc(F)c2C1=O)Nc1cccc(C(F)(F)F)c1. The third-order valence-electron chi connectivity index (χ3n) is 3.72. The lowest BCUT2D eigenvalue weighted by Gasteiger charge is -2.14. The summed E-state index contributed by atoms with van der Waals surface area (Å²) in [6.45, 7) is -0.748. The first-order valence-electron chi connectivity index (χ1n) is 7.30. The molecular weight excluding hydrogens is 356 g/mol. The van der Waals surface area contributed by atoms with Crippen LogP contribution in [0.5, 0.6) is 0 Å². The minimum Gasteiger partial charge on any atom is -0.325 e. The smallest absolute Gasteiger partial charge is 0.325 e. The van der Waals surface area contributed by atoms with Gasteiger partial charge in [0.15, 0.2) is 0 Å². The fourth-order valence-corrected chi connectivity index (χ4v) is 2.55. The molecule has 3 rings (SSSR count). The van der Waals surface area contributed by atoms with Crippen LogP contribution in [-0.4, -0.2) is 29.2 Å². The van der Waals surface area contributed by atoms with E-state index in [0.29, 0.717) is 4.90 Å². The number of anilines is 1. The van der Waals surface area contributed by atoms with E-state index < -0.39 is 47.4 Å². The van der Waals surface area contributed by atoms with E-state index in [2.05, 4.69) is 5.32 Å². The Morgan fingerprint density at radius 1 is 1.04 bits per heavy atom. The number of alkyl halides is 3. The first-order valence-corrected chi connectivity index (χ1v) is 7.30. The average molecular weight is 366 g/mol. The molecule has 1 N–H and O–H groups in total. The van der Waals surface area contributed by atoms with Crippen LogP contribution in [0.4, 0.5) is 23.2 Å². The van der Waals surface area contributed by atoms with Crippen LogP contribution in [0.2, 0.25) is 0 Å². The second-order valence-electron chi connectivity index (χ2n) is 5.49. The van der Waals surface area contributed by atoms with Gasteiger partial charge in [0, 0.05) is 5.69 Å². The van der Waals surface area contributed by atoms with E-state index in [1.54, 1.807) is 0 Å². The maximum Gasteiger partial charge on any atom is 0.416 e. The van der Waals surface area contributed by atoms with Crippen LogP contribution in [0.25, 0.3) is 0 Å². The lowest BCUT2D eigenvalue weighted by molar-refractivity contribution is -0.137. The minimum absolute atomic E-state index is 0.146. The molecule has 9 heteroatoms. The number of benzene rings is 2. The van der Waals surface area contributed by atoms with E-state index in [-0.39, 0.29) is 11.3 Å². The quantitative estimate of drug-likeness (QED) is 0.671. The Morgan fingerprint density at radius 2 is 1.73 bits per heavy atom. The Hall–Kier alpha value is -3.23. The summed E-state index contributed by atoms with van der Waals surface area (Å²) in [5.41, 5.74) is -1.70. The van der Waals surface area contributed by atoms with Crippen molar-refractivity contribution in [1.82, 2.24) is 4.90 Å². The third-order valence-corrected chi connectivity index (χ3v) is 3.72. The maximum absolute atomic E-state index is 13.7. The van der Waals surface area contributed by atoms with Crippen LogP contribution in [0.1, 0.15) is 26.3 Å². The summed E-state index contributed by atoms with van der Waals surface area (Å²) in [6.07, 6.45) is -4.58. The predicted molar refractivity (Wildman–Crippen MR) is 81.8 cm³/mol. The molecule has 1 aliphatic heterocycles. The Bertz CT molecular complexity index is 924. The standard InChI is InChI=1S/C17H10F4N2O3/c18-12-6-2-5-11-14(12)16(26)23(15(11)25)8-13(24)22-10-4-1-3-9(7-10)17(19,20)21/h1-7H,8H2,(H,22,24). The van der Waals surface area contributed by atoms with Gasteiger partial charge in [0.05, 0.1) is 16.7 Å². The number of amides is 3. The molecule has 26 heavy (non-hydrogen) atoms. The van der Waals surface area contributed by atoms with Gasteiger partial charge in [-0.2, -0.15) is 13.2 Å². The summed E-state index contributed by atoms with van der Waals surface area (Å²) in [5.74, 6) is -3.59. The summed E-state index contributed by atoms with van der Waals surface area (Å²) >= 11 is 0. The Kier molecular flexibility index (Phi) is 4.23. The van der Waals surface area contributed by atoms with Gasteiger partial charge < -0.3 is 5.32 Å². The molecule has 0 fully saturated rings. The van der Waals surface area contributed by atoms with Crippen molar-refractivity contribution in [2.75, 3.05) is 11.9 Å². The molecule has 2 aromatic rings. The van der Waals surface area contributed by atoms with Gasteiger partial charge in [-0.15, -0.1) is 0 Å². The first-order chi connectivity index (χ1) is 12.2. The number of rotatable bonds is 3. The largest absolute Gasteiger partial charge is 0.416 e. The summed E-state index contributed by atoms with van der Waals surface area (Å²) in [4.78, 5) is 36.8. The molecule has 1 heterocycles. The van der Waals surface area contributed by atoms with Gasteiger partial charge in [0.1, 0.15) is 12.4 Å². The third kappa shape index (κ3) is 3.15. The second-order valence-corrected chi connectivity index (χ2v) is 5.49. The Balaban J connectivity index is 1.75. The summed E-state index contributed by atoms with van der Waals surface area (Å²) in [6, 6.07) is 7.42. The molecule has 5 nitrogen and oxygen atoms in total. The first kappa shape index (κ1) is 17.6. The van der Waals surface area contributed by atoms with E-state index in [1.807, 2.05) is 0 Å². The highest BCUT2D eigenvalue weighted by atomic mass is 19.4. The van der Waals surface area contributed by atoms with Gasteiger partial charge in [-0.3, -0.25) is 19.3 Å². The normalized spacial score (nSPS) is 13.8. The Morgan fingerprint density at radius 3 is 2.38 bits per heavy atom. The van der Waals surface area contributed by atoms with E-state index in [0.717, 1.165) is 24.3 Å². The maximum atomic E-state index is 13.7. The van der Waals surface area contributed by atoms with E-state index in [1.165, 1.54) is 18.2 Å². The van der Waals surface area contributed by atoms with Gasteiger partial charge >= 0.3 is 6.18 Å². The monoisotopic (exact) mass is 366 g/mol. The molecule has 0 unspecified atom stereocenters. The lowest BCUT2D eigenvalue weighted by Crippen LogP contribution is -2.37. The van der Waals surface area contributed by atoms with Crippen molar-refractivity contribution in [2.24, 2.45) is 0 Å². The van der Waals surface area contributed by atoms with Crippen LogP contribution in [0.3, 0.4) is 0 Å². The molecule has 0 spiro atoms.